The Balaban J connectivity index is 0.429. The monoisotopic (exact) mass is 1630 g/mol. The van der Waals surface area contributed by atoms with Crippen molar-refractivity contribution in [3.63, 3.8) is 0 Å². The van der Waals surface area contributed by atoms with Crippen molar-refractivity contribution in [2.45, 2.75) is 0 Å². The molecule has 130 heavy (non-hydrogen) atoms. The summed E-state index contributed by atoms with van der Waals surface area (Å²) in [4.78, 5) is 0. The molecule has 0 spiro atoms. The predicted molar refractivity (Wildman–Crippen MR) is 569 cm³/mol. The third-order valence-electron chi connectivity index (χ3n) is 30.3. The first kappa shape index (κ1) is 68.4. The van der Waals surface area contributed by atoms with Crippen LogP contribution in [-0.2, 0) is 0 Å². The van der Waals surface area contributed by atoms with Crippen LogP contribution in [0.1, 0.15) is 0 Å². The van der Waals surface area contributed by atoms with Crippen LogP contribution >= 0.6 is 0 Å². The van der Waals surface area contributed by atoms with Crippen molar-refractivity contribution in [1.29, 1.82) is 0 Å². The molecule has 0 saturated carbocycles. The normalized spacial score (nSPS) is 12.8. The van der Waals surface area contributed by atoms with Gasteiger partial charge in [0.05, 0.1) is 0 Å². The first-order valence-corrected chi connectivity index (χ1v) is 45.5. The summed E-state index contributed by atoms with van der Waals surface area (Å²) >= 11 is 0. The van der Waals surface area contributed by atoms with Crippen LogP contribution in [0.4, 0.5) is 0 Å². The van der Waals surface area contributed by atoms with E-state index in [2.05, 4.69) is 413 Å². The molecule has 0 amide bonds. The van der Waals surface area contributed by atoms with Gasteiger partial charge >= 0.3 is 0 Å². The lowest BCUT2D eigenvalue weighted by molar-refractivity contribution is 1.79. The molecule has 0 N–H and O–H groups in total. The molecule has 0 atom stereocenters. The van der Waals surface area contributed by atoms with E-state index < -0.39 is 0 Å². The number of rotatable bonds is 0. The minimum absolute atomic E-state index is 1.26. The van der Waals surface area contributed by atoms with Crippen LogP contribution in [0.2, 0.25) is 0 Å². The Bertz CT molecular complexity index is 9610. The highest BCUT2D eigenvalue weighted by atomic mass is 14.2. The number of benzene rings is 32. The summed E-state index contributed by atoms with van der Waals surface area (Å²) in [5, 5.41) is 78.3. The average molecular weight is 1630 g/mol. The maximum absolute atomic E-state index is 2.41. The fraction of sp³-hybridized carbons (Fsp3) is 0. The molecule has 588 valence electrons. The summed E-state index contributed by atoms with van der Waals surface area (Å²) in [6, 6.07) is 161. The summed E-state index contributed by atoms with van der Waals surface area (Å²) < 4.78 is 0. The fourth-order valence-corrected chi connectivity index (χ4v) is 23.7. The minimum atomic E-state index is 1.26. The van der Waals surface area contributed by atoms with Gasteiger partial charge in [-0.25, -0.2) is 0 Å². The van der Waals surface area contributed by atoms with Crippen molar-refractivity contribution >= 4 is 334 Å². The van der Waals surface area contributed by atoms with Crippen LogP contribution in [0.3, 0.4) is 0 Å². The second-order valence-corrected chi connectivity index (χ2v) is 38.3. The molecule has 0 aromatic heterocycles. The Morgan fingerprint density at radius 3 is 0.131 bits per heavy atom. The lowest BCUT2D eigenvalue weighted by atomic mass is 9.92. The molecule has 0 aliphatic rings. The molecule has 0 heteroatoms. The van der Waals surface area contributed by atoms with E-state index in [1.807, 2.05) is 0 Å². The standard InChI is InChI=1S/C130H68/c1-2-6-70-10-74-14-78-18-82-22-86-26-90-30-94-34-98-38-102-42-106-46-110-50-114-54-118-58-122-62-126-66-130-68-128-64-124-60-120-56-116-52-112-48-108-44-104-40-100-36-96-32-92-28-88-24-84-20-80-16-76-12-72-8-4-3-7-71(72)11-75(76)15-79(80)19-83(84)23-87(88)27-91(92)31-95(96)35-99(100)39-103(104)43-107(108)47-111(112)51-115(116)55-119(120)59-123(124)63-127(128)67-129(130)65-125(126)61-121(122)57-117(118)53-113(114)49-109(110)45-105(106)41-101(102)37-97(98)33-93(94)29-89(90)25-85(86)21-81(82)17-77(78)13-73(74)9-69(70)5-1/h1-68H. The highest BCUT2D eigenvalue weighted by molar-refractivity contribution is 6.23. The molecule has 32 aromatic carbocycles. The quantitative estimate of drug-likeness (QED) is 0.133. The number of hydrogen-bond donors (Lipinski definition) is 0. The molecule has 32 aromatic rings. The van der Waals surface area contributed by atoms with Crippen molar-refractivity contribution < 1.29 is 0 Å². The lowest BCUT2D eigenvalue weighted by Crippen LogP contribution is -1.85. The third kappa shape index (κ3) is 10.3. The zero-order valence-electron chi connectivity index (χ0n) is 70.3. The predicted octanol–water partition coefficient (Wildman–Crippen LogP) is 37.4. The molecular formula is C130H68. The van der Waals surface area contributed by atoms with Crippen molar-refractivity contribution in [3.05, 3.63) is 413 Å². The molecule has 0 bridgehead atoms. The van der Waals surface area contributed by atoms with E-state index in [-0.39, 0.29) is 0 Å². The Kier molecular flexibility index (Phi) is 13.0. The van der Waals surface area contributed by atoms with E-state index in [1.165, 1.54) is 334 Å². The molecule has 0 nitrogen and oxygen atoms in total. The molecular weight excluding hydrogens is 1560 g/mol. The van der Waals surface area contributed by atoms with Gasteiger partial charge < -0.3 is 0 Å². The van der Waals surface area contributed by atoms with E-state index in [9.17, 15) is 0 Å². The lowest BCUT2D eigenvalue weighted by Gasteiger charge is -2.12. The summed E-state index contributed by atoms with van der Waals surface area (Å²) in [6.07, 6.45) is 0. The van der Waals surface area contributed by atoms with Crippen LogP contribution in [0.25, 0.3) is 334 Å². The van der Waals surface area contributed by atoms with Gasteiger partial charge in [0, 0.05) is 0 Å². The molecule has 0 aliphatic carbocycles. The maximum Gasteiger partial charge on any atom is -0.0171 e. The summed E-state index contributed by atoms with van der Waals surface area (Å²) in [5.74, 6) is 0. The van der Waals surface area contributed by atoms with Crippen molar-refractivity contribution in [1.82, 2.24) is 0 Å². The van der Waals surface area contributed by atoms with Crippen LogP contribution in [-0.4, -0.2) is 0 Å². The molecule has 0 aliphatic heterocycles. The fourth-order valence-electron chi connectivity index (χ4n) is 23.7. The van der Waals surface area contributed by atoms with E-state index >= 15 is 0 Å². The van der Waals surface area contributed by atoms with Gasteiger partial charge in [-0.05, 0) is 698 Å². The molecule has 0 fully saturated rings. The Morgan fingerprint density at radius 2 is 0.0846 bits per heavy atom. The van der Waals surface area contributed by atoms with Gasteiger partial charge in [-0.15, -0.1) is 0 Å². The summed E-state index contributed by atoms with van der Waals surface area (Å²) in [7, 11) is 0. The van der Waals surface area contributed by atoms with Crippen molar-refractivity contribution in [2.75, 3.05) is 0 Å². The minimum Gasteiger partial charge on any atom is -0.0616 e. The van der Waals surface area contributed by atoms with Crippen molar-refractivity contribution in [2.24, 2.45) is 0 Å². The topological polar surface area (TPSA) is 0 Å². The Morgan fingerprint density at radius 1 is 0.0462 bits per heavy atom. The first-order chi connectivity index (χ1) is 64.0. The SMILES string of the molecule is c1ccc2cc3cc4cc5cc6cc7cc8cc9cc%10cc%11cc%12cc%13cc%14cc%15cc%16cc%17cc%18cc%19cc%20cc%21cc%22cc%23cc%24cc%25cc%26cc%27cc%28cc%29cc%30cc%31cc%32ccccc%32cc%31cc%30cc%29cc%28cc%27cc%26cc%25cc%24cc%23cc%22cc%21cc%20cc%19cc%18cc%17cc%16cc%15cc%14cc%13cc%12cc%11cc%10cc9cc8cc7cc6cc5cc4cc3cc2c1. The zero-order valence-corrected chi connectivity index (χ0v) is 70.3. The van der Waals surface area contributed by atoms with Gasteiger partial charge in [-0.2, -0.15) is 0 Å². The van der Waals surface area contributed by atoms with E-state index in [4.69, 9.17) is 0 Å². The van der Waals surface area contributed by atoms with Crippen molar-refractivity contribution in [3.8, 4) is 0 Å². The van der Waals surface area contributed by atoms with E-state index in [0.29, 0.717) is 0 Å². The van der Waals surface area contributed by atoms with Crippen LogP contribution < -0.4 is 0 Å². The van der Waals surface area contributed by atoms with Gasteiger partial charge in [0.25, 0.3) is 0 Å². The van der Waals surface area contributed by atoms with Gasteiger partial charge in [-0.3, -0.25) is 0 Å². The second kappa shape index (κ2) is 24.6. The summed E-state index contributed by atoms with van der Waals surface area (Å²) in [5.41, 5.74) is 0. The largest absolute Gasteiger partial charge is 0.0616 e. The molecule has 0 unspecified atom stereocenters. The molecule has 0 saturated heterocycles. The second-order valence-electron chi connectivity index (χ2n) is 38.3. The molecule has 32 rings (SSSR count). The maximum atomic E-state index is 2.41. The number of hydrogen-bond acceptors (Lipinski definition) is 0. The van der Waals surface area contributed by atoms with E-state index in [1.54, 1.807) is 0 Å². The average Bonchev–Trinajstić information content (AvgIpc) is 0.787. The molecule has 0 radical (unpaired) electrons. The van der Waals surface area contributed by atoms with Crippen LogP contribution in [0, 0.1) is 0 Å². The zero-order chi connectivity index (χ0) is 83.9. The summed E-state index contributed by atoms with van der Waals surface area (Å²) in [6.45, 7) is 0. The van der Waals surface area contributed by atoms with Gasteiger partial charge in [0.15, 0.2) is 0 Å². The third-order valence-corrected chi connectivity index (χ3v) is 30.3. The Hall–Kier alpha value is -16.9. The van der Waals surface area contributed by atoms with Gasteiger partial charge in [0.1, 0.15) is 0 Å². The molecule has 0 heterocycles. The highest BCUT2D eigenvalue weighted by Crippen LogP contribution is 2.45. The highest BCUT2D eigenvalue weighted by Gasteiger charge is 2.18. The van der Waals surface area contributed by atoms with Gasteiger partial charge in [0.2, 0.25) is 0 Å². The van der Waals surface area contributed by atoms with Crippen LogP contribution in [0.15, 0.2) is 413 Å². The van der Waals surface area contributed by atoms with Crippen LogP contribution in [0.5, 0.6) is 0 Å². The first-order valence-electron chi connectivity index (χ1n) is 45.5. The van der Waals surface area contributed by atoms with E-state index in [0.717, 1.165) is 0 Å². The Labute approximate surface area is 741 Å². The van der Waals surface area contributed by atoms with Gasteiger partial charge in [-0.1, -0.05) is 48.5 Å². The smallest absolute Gasteiger partial charge is 0.0171 e. The number of fused-ring (bicyclic) bond motifs is 31.